The summed E-state index contributed by atoms with van der Waals surface area (Å²) < 4.78 is 4.64. The van der Waals surface area contributed by atoms with E-state index in [0.29, 0.717) is 4.88 Å². The Morgan fingerprint density at radius 1 is 1.73 bits per heavy atom. The third-order valence-corrected chi connectivity index (χ3v) is 2.46. The number of aliphatic hydroxyl groups excluding tert-OH is 1. The Kier molecular flexibility index (Phi) is 3.89. The predicted octanol–water partition coefficient (Wildman–Crippen LogP) is 2.10. The molecule has 0 bridgehead atoms. The largest absolute Gasteiger partial charge is 0.505 e. The summed E-state index contributed by atoms with van der Waals surface area (Å²) in [5.41, 5.74) is -0.362. The van der Waals surface area contributed by atoms with Crippen molar-refractivity contribution in [2.45, 2.75) is 6.92 Å². The number of hydrogen-bond acceptors (Lipinski definition) is 5. The van der Waals surface area contributed by atoms with Crippen LogP contribution in [0.5, 0.6) is 0 Å². The molecule has 1 heterocycles. The van der Waals surface area contributed by atoms with E-state index < -0.39 is 5.97 Å². The van der Waals surface area contributed by atoms with Crippen molar-refractivity contribution in [2.75, 3.05) is 6.61 Å². The van der Waals surface area contributed by atoms with Crippen LogP contribution in [0.2, 0.25) is 0 Å². The third kappa shape index (κ3) is 2.58. The fourth-order valence-corrected chi connectivity index (χ4v) is 1.61. The number of carbonyl (C=O) groups excluding carboxylic acids is 1. The molecule has 0 aliphatic rings. The maximum atomic E-state index is 11.3. The Labute approximate surface area is 91.0 Å². The van der Waals surface area contributed by atoms with Crippen LogP contribution in [0.3, 0.4) is 0 Å². The lowest BCUT2D eigenvalue weighted by Crippen LogP contribution is -2.08. The van der Waals surface area contributed by atoms with Crippen molar-refractivity contribution in [3.63, 3.8) is 0 Å². The molecular weight excluding hydrogens is 214 g/mol. The van der Waals surface area contributed by atoms with Crippen molar-refractivity contribution in [2.24, 2.45) is 0 Å². The molecule has 0 unspecified atom stereocenters. The maximum Gasteiger partial charge on any atom is 0.352 e. The quantitative estimate of drug-likeness (QED) is 0.368. The first-order valence-corrected chi connectivity index (χ1v) is 5.13. The van der Waals surface area contributed by atoms with Gasteiger partial charge in [-0.2, -0.15) is 5.26 Å². The monoisotopic (exact) mass is 223 g/mol. The van der Waals surface area contributed by atoms with Crippen LogP contribution >= 0.6 is 11.3 Å². The van der Waals surface area contributed by atoms with Crippen LogP contribution in [-0.2, 0) is 9.53 Å². The second-order valence-electron chi connectivity index (χ2n) is 2.53. The Bertz CT molecular complexity index is 414. The molecule has 1 rings (SSSR count). The van der Waals surface area contributed by atoms with Gasteiger partial charge in [0.2, 0.25) is 0 Å². The zero-order valence-corrected chi connectivity index (χ0v) is 8.87. The van der Waals surface area contributed by atoms with Gasteiger partial charge in [-0.1, -0.05) is 6.07 Å². The number of esters is 1. The molecule has 15 heavy (non-hydrogen) atoms. The summed E-state index contributed by atoms with van der Waals surface area (Å²) >= 11 is 1.24. The summed E-state index contributed by atoms with van der Waals surface area (Å²) in [6.07, 6.45) is 0. The number of ether oxygens (including phenoxy) is 1. The number of nitrogens with zero attached hydrogens (tertiary/aromatic N) is 1. The van der Waals surface area contributed by atoms with Crippen LogP contribution in [-0.4, -0.2) is 17.7 Å². The normalized spacial score (nSPS) is 11.5. The van der Waals surface area contributed by atoms with Crippen LogP contribution in [0.15, 0.2) is 23.1 Å². The summed E-state index contributed by atoms with van der Waals surface area (Å²) in [6.45, 7) is 1.80. The molecule has 0 aromatic carbocycles. The minimum Gasteiger partial charge on any atom is -0.505 e. The summed E-state index contributed by atoms with van der Waals surface area (Å²) in [6, 6.07) is 4.98. The highest BCUT2D eigenvalue weighted by molar-refractivity contribution is 7.11. The predicted molar refractivity (Wildman–Crippen MR) is 56.1 cm³/mol. The summed E-state index contributed by atoms with van der Waals surface area (Å²) in [5.74, 6) is -1.13. The van der Waals surface area contributed by atoms with Crippen molar-refractivity contribution in [1.29, 1.82) is 5.26 Å². The van der Waals surface area contributed by atoms with E-state index in [4.69, 9.17) is 5.26 Å². The Morgan fingerprint density at radius 3 is 2.93 bits per heavy atom. The Balaban J connectivity index is 3.05. The molecular formula is C10H9NO3S. The topological polar surface area (TPSA) is 70.3 Å². The van der Waals surface area contributed by atoms with E-state index in [2.05, 4.69) is 4.74 Å². The van der Waals surface area contributed by atoms with Crippen LogP contribution in [0.1, 0.15) is 11.8 Å². The van der Waals surface area contributed by atoms with Gasteiger partial charge in [0.25, 0.3) is 0 Å². The maximum absolute atomic E-state index is 11.3. The first-order chi connectivity index (χ1) is 7.20. The zero-order valence-electron chi connectivity index (χ0n) is 8.06. The third-order valence-electron chi connectivity index (χ3n) is 1.58. The molecule has 1 aromatic heterocycles. The van der Waals surface area contributed by atoms with Gasteiger partial charge in [-0.25, -0.2) is 4.79 Å². The number of thiophene rings is 1. The molecule has 1 aromatic rings. The van der Waals surface area contributed by atoms with Crippen molar-refractivity contribution in [1.82, 2.24) is 0 Å². The van der Waals surface area contributed by atoms with Gasteiger partial charge in [-0.15, -0.1) is 11.3 Å². The average molecular weight is 223 g/mol. The number of nitriles is 1. The number of rotatable bonds is 3. The van der Waals surface area contributed by atoms with Crippen molar-refractivity contribution < 1.29 is 14.6 Å². The number of carbonyl (C=O) groups is 1. The second-order valence-corrected chi connectivity index (χ2v) is 3.48. The SMILES string of the molecule is CCOC(=O)C(C#N)=C(O)c1cccs1. The minimum absolute atomic E-state index is 0.168. The molecule has 0 spiro atoms. The lowest BCUT2D eigenvalue weighted by Gasteiger charge is -2.01. The highest BCUT2D eigenvalue weighted by Gasteiger charge is 2.17. The molecule has 4 nitrogen and oxygen atoms in total. The van der Waals surface area contributed by atoms with E-state index in [9.17, 15) is 9.90 Å². The first kappa shape index (κ1) is 11.3. The van der Waals surface area contributed by atoms with Crippen LogP contribution < -0.4 is 0 Å². The van der Waals surface area contributed by atoms with Gasteiger partial charge < -0.3 is 9.84 Å². The molecule has 1 N–H and O–H groups in total. The van der Waals surface area contributed by atoms with E-state index in [1.165, 1.54) is 11.3 Å². The van der Waals surface area contributed by atoms with Gasteiger partial charge in [0.05, 0.1) is 11.5 Å². The highest BCUT2D eigenvalue weighted by Crippen LogP contribution is 2.21. The molecule has 0 aliphatic carbocycles. The van der Waals surface area contributed by atoms with Crippen molar-refractivity contribution >= 4 is 23.1 Å². The van der Waals surface area contributed by atoms with Gasteiger partial charge in [-0.3, -0.25) is 0 Å². The first-order valence-electron chi connectivity index (χ1n) is 4.25. The Hall–Kier alpha value is -1.80. The van der Waals surface area contributed by atoms with Gasteiger partial charge in [-0.05, 0) is 18.4 Å². The van der Waals surface area contributed by atoms with Gasteiger partial charge in [0, 0.05) is 0 Å². The van der Waals surface area contributed by atoms with Crippen molar-refractivity contribution in [3.05, 3.63) is 28.0 Å². The second kappa shape index (κ2) is 5.17. The average Bonchev–Trinajstić information content (AvgIpc) is 2.71. The molecule has 0 aliphatic heterocycles. The summed E-state index contributed by atoms with van der Waals surface area (Å²) in [7, 11) is 0. The van der Waals surface area contributed by atoms with E-state index in [0.717, 1.165) is 0 Å². The smallest absolute Gasteiger partial charge is 0.352 e. The van der Waals surface area contributed by atoms with Gasteiger partial charge in [0.1, 0.15) is 6.07 Å². The fraction of sp³-hybridized carbons (Fsp3) is 0.200. The molecule has 0 fully saturated rings. The Morgan fingerprint density at radius 2 is 2.47 bits per heavy atom. The van der Waals surface area contributed by atoms with E-state index >= 15 is 0 Å². The van der Waals surface area contributed by atoms with Crippen molar-refractivity contribution in [3.8, 4) is 6.07 Å². The lowest BCUT2D eigenvalue weighted by molar-refractivity contribution is -0.138. The molecule has 0 atom stereocenters. The summed E-state index contributed by atoms with van der Waals surface area (Å²) in [4.78, 5) is 11.7. The lowest BCUT2D eigenvalue weighted by atomic mass is 10.2. The van der Waals surface area contributed by atoms with Crippen LogP contribution in [0.4, 0.5) is 0 Å². The number of aliphatic hydroxyl groups is 1. The van der Waals surface area contributed by atoms with E-state index in [-0.39, 0.29) is 17.9 Å². The van der Waals surface area contributed by atoms with E-state index in [1.54, 1.807) is 30.5 Å². The minimum atomic E-state index is -0.800. The zero-order chi connectivity index (χ0) is 11.3. The molecule has 0 saturated carbocycles. The molecule has 0 radical (unpaired) electrons. The molecule has 0 saturated heterocycles. The van der Waals surface area contributed by atoms with Crippen LogP contribution in [0, 0.1) is 11.3 Å². The number of hydrogen-bond donors (Lipinski definition) is 1. The standard InChI is InChI=1S/C10H9NO3S/c1-2-14-10(13)7(6-11)9(12)8-4-3-5-15-8/h3-5,12H,2H2,1H3. The fourth-order valence-electron chi connectivity index (χ4n) is 0.935. The molecule has 0 amide bonds. The van der Waals surface area contributed by atoms with Gasteiger partial charge in [0.15, 0.2) is 11.3 Å². The molecule has 78 valence electrons. The van der Waals surface area contributed by atoms with Gasteiger partial charge >= 0.3 is 5.97 Å². The molecule has 5 heteroatoms. The van der Waals surface area contributed by atoms with Crippen LogP contribution in [0.25, 0.3) is 5.76 Å². The summed E-state index contributed by atoms with van der Waals surface area (Å²) in [5, 5.41) is 20.1. The van der Waals surface area contributed by atoms with E-state index in [1.807, 2.05) is 0 Å². The highest BCUT2D eigenvalue weighted by atomic mass is 32.1.